The van der Waals surface area contributed by atoms with E-state index in [1.165, 1.54) is 0 Å². The Labute approximate surface area is 111 Å². The zero-order valence-corrected chi connectivity index (χ0v) is 10.9. The maximum Gasteiger partial charge on any atom is 0.338 e. The summed E-state index contributed by atoms with van der Waals surface area (Å²) in [6, 6.07) is 8.74. The molecule has 0 bridgehead atoms. The van der Waals surface area contributed by atoms with Gasteiger partial charge in [-0.05, 0) is 31.5 Å². The highest BCUT2D eigenvalue weighted by Gasteiger charge is 2.11. The van der Waals surface area contributed by atoms with Crippen molar-refractivity contribution in [2.45, 2.75) is 13.8 Å². The number of nitriles is 1. The summed E-state index contributed by atoms with van der Waals surface area (Å²) in [6.45, 7) is 6.59. The fraction of sp³-hybridized carbons (Fsp3) is 0.143. The van der Waals surface area contributed by atoms with Crippen LogP contribution in [0.2, 0.25) is 5.02 Å². The second kappa shape index (κ2) is 6.04. The third kappa shape index (κ3) is 3.47. The van der Waals surface area contributed by atoms with E-state index >= 15 is 0 Å². The fourth-order valence-corrected chi connectivity index (χ4v) is 1.37. The second-order valence-electron chi connectivity index (χ2n) is 3.72. The molecule has 0 spiro atoms. The largest absolute Gasteiger partial charge is 0.427 e. The molecule has 0 aliphatic heterocycles. The van der Waals surface area contributed by atoms with Gasteiger partial charge in [0.05, 0.1) is 5.57 Å². The fourth-order valence-electron chi connectivity index (χ4n) is 1.24. The Morgan fingerprint density at radius 2 is 1.89 bits per heavy atom. The van der Waals surface area contributed by atoms with Crippen LogP contribution in [0, 0.1) is 11.3 Å². The van der Waals surface area contributed by atoms with E-state index in [9.17, 15) is 4.79 Å². The lowest BCUT2D eigenvalue weighted by molar-refractivity contribution is -0.134. The summed E-state index contributed by atoms with van der Waals surface area (Å²) in [4.78, 5) is 11.4. The summed E-state index contributed by atoms with van der Waals surface area (Å²) < 4.78 is 5.04. The SMILES string of the molecule is C=C(C)C(=O)OC(C)=C(C#N)c1ccc(Cl)cc1. The lowest BCUT2D eigenvalue weighted by Gasteiger charge is -2.07. The predicted octanol–water partition coefficient (Wildman–Crippen LogP) is 3.71. The third-order valence-corrected chi connectivity index (χ3v) is 2.44. The maximum absolute atomic E-state index is 11.4. The van der Waals surface area contributed by atoms with Crippen molar-refractivity contribution >= 4 is 23.1 Å². The first kappa shape index (κ1) is 14.0. The highest BCUT2D eigenvalue weighted by molar-refractivity contribution is 6.30. The molecule has 0 amide bonds. The van der Waals surface area contributed by atoms with Gasteiger partial charge in [-0.2, -0.15) is 5.26 Å². The molecule has 18 heavy (non-hydrogen) atoms. The van der Waals surface area contributed by atoms with Crippen LogP contribution < -0.4 is 0 Å². The summed E-state index contributed by atoms with van der Waals surface area (Å²) in [6.07, 6.45) is 0. The number of hydrogen-bond donors (Lipinski definition) is 0. The van der Waals surface area contributed by atoms with Crippen molar-refractivity contribution in [2.24, 2.45) is 0 Å². The summed E-state index contributed by atoms with van der Waals surface area (Å²) in [5.74, 6) is -0.304. The quantitative estimate of drug-likeness (QED) is 0.361. The molecule has 0 saturated heterocycles. The molecule has 0 aliphatic carbocycles. The Kier molecular flexibility index (Phi) is 4.70. The highest BCUT2D eigenvalue weighted by atomic mass is 35.5. The van der Waals surface area contributed by atoms with Crippen LogP contribution >= 0.6 is 11.6 Å². The first-order valence-electron chi connectivity index (χ1n) is 5.20. The number of esters is 1. The molecule has 0 atom stereocenters. The van der Waals surface area contributed by atoms with Crippen molar-refractivity contribution < 1.29 is 9.53 Å². The molecule has 0 aliphatic rings. The zero-order valence-electron chi connectivity index (χ0n) is 10.2. The number of carbonyl (C=O) groups is 1. The van der Waals surface area contributed by atoms with E-state index in [1.807, 2.05) is 6.07 Å². The standard InChI is InChI=1S/C14H12ClNO2/c1-9(2)14(17)18-10(3)13(8-16)11-4-6-12(15)7-5-11/h4-7H,1H2,2-3H3. The minimum absolute atomic E-state index is 0.243. The maximum atomic E-state index is 11.4. The van der Waals surface area contributed by atoms with E-state index in [0.717, 1.165) is 0 Å². The summed E-state index contributed by atoms with van der Waals surface area (Å²) in [5, 5.41) is 9.69. The van der Waals surface area contributed by atoms with E-state index in [1.54, 1.807) is 38.1 Å². The van der Waals surface area contributed by atoms with Crippen molar-refractivity contribution in [3.63, 3.8) is 0 Å². The van der Waals surface area contributed by atoms with Crippen LogP contribution in [-0.4, -0.2) is 5.97 Å². The van der Waals surface area contributed by atoms with E-state index in [0.29, 0.717) is 16.2 Å². The Morgan fingerprint density at radius 1 is 1.33 bits per heavy atom. The molecule has 1 aromatic rings. The van der Waals surface area contributed by atoms with Crippen LogP contribution in [0.1, 0.15) is 19.4 Å². The summed E-state index contributed by atoms with van der Waals surface area (Å²) >= 11 is 5.77. The molecule has 0 heterocycles. The molecule has 0 N–H and O–H groups in total. The molecule has 0 saturated carbocycles. The number of benzene rings is 1. The van der Waals surface area contributed by atoms with Gasteiger partial charge in [-0.15, -0.1) is 0 Å². The van der Waals surface area contributed by atoms with Crippen LogP contribution in [0.5, 0.6) is 0 Å². The number of ether oxygens (including phenoxy) is 1. The molecule has 4 heteroatoms. The van der Waals surface area contributed by atoms with Gasteiger partial charge in [0.2, 0.25) is 0 Å². The molecular formula is C14H12ClNO2. The number of nitrogens with zero attached hydrogens (tertiary/aromatic N) is 1. The van der Waals surface area contributed by atoms with Gasteiger partial charge >= 0.3 is 5.97 Å². The normalized spacial score (nSPS) is 11.2. The van der Waals surface area contributed by atoms with E-state index in [2.05, 4.69) is 6.58 Å². The van der Waals surface area contributed by atoms with Crippen molar-refractivity contribution in [1.29, 1.82) is 5.26 Å². The number of rotatable bonds is 3. The number of carbonyl (C=O) groups excluding carboxylic acids is 1. The van der Waals surface area contributed by atoms with E-state index in [-0.39, 0.29) is 11.3 Å². The van der Waals surface area contributed by atoms with Gasteiger partial charge in [-0.1, -0.05) is 30.3 Å². The molecule has 0 fully saturated rings. The third-order valence-electron chi connectivity index (χ3n) is 2.19. The molecule has 1 rings (SSSR count). The van der Waals surface area contributed by atoms with Crippen LogP contribution in [0.4, 0.5) is 0 Å². The molecule has 1 aromatic carbocycles. The lowest BCUT2D eigenvalue weighted by atomic mass is 10.1. The first-order chi connectivity index (χ1) is 8.45. The van der Waals surface area contributed by atoms with Crippen LogP contribution in [0.3, 0.4) is 0 Å². The number of halogens is 1. The van der Waals surface area contributed by atoms with Crippen molar-refractivity contribution in [2.75, 3.05) is 0 Å². The van der Waals surface area contributed by atoms with Gasteiger partial charge < -0.3 is 4.74 Å². The summed E-state index contributed by atoms with van der Waals surface area (Å²) in [5.41, 5.74) is 1.22. The molecule has 0 aromatic heterocycles. The average Bonchev–Trinajstić information content (AvgIpc) is 2.32. The van der Waals surface area contributed by atoms with Crippen molar-refractivity contribution in [1.82, 2.24) is 0 Å². The molecule has 3 nitrogen and oxygen atoms in total. The molecular weight excluding hydrogens is 250 g/mol. The smallest absolute Gasteiger partial charge is 0.338 e. The Balaban J connectivity index is 3.08. The first-order valence-corrected chi connectivity index (χ1v) is 5.58. The predicted molar refractivity (Wildman–Crippen MR) is 70.6 cm³/mol. The van der Waals surface area contributed by atoms with Gasteiger partial charge in [0.25, 0.3) is 0 Å². The monoisotopic (exact) mass is 261 g/mol. The van der Waals surface area contributed by atoms with Gasteiger partial charge in [0.1, 0.15) is 11.8 Å². The second-order valence-corrected chi connectivity index (χ2v) is 4.16. The number of allylic oxidation sites excluding steroid dienone is 2. The Bertz CT molecular complexity index is 550. The average molecular weight is 262 g/mol. The van der Waals surface area contributed by atoms with Crippen molar-refractivity contribution in [3.8, 4) is 6.07 Å². The van der Waals surface area contributed by atoms with Gasteiger partial charge in [0, 0.05) is 10.6 Å². The highest BCUT2D eigenvalue weighted by Crippen LogP contribution is 2.21. The molecule has 0 radical (unpaired) electrons. The lowest BCUT2D eigenvalue weighted by Crippen LogP contribution is -2.04. The molecule has 0 unspecified atom stereocenters. The minimum atomic E-state index is -0.547. The van der Waals surface area contributed by atoms with E-state index in [4.69, 9.17) is 21.6 Å². The van der Waals surface area contributed by atoms with Crippen molar-refractivity contribution in [3.05, 3.63) is 52.8 Å². The van der Waals surface area contributed by atoms with Gasteiger partial charge in [0.15, 0.2) is 0 Å². The Hall–Kier alpha value is -2.05. The van der Waals surface area contributed by atoms with Crippen LogP contribution in [0.25, 0.3) is 5.57 Å². The van der Waals surface area contributed by atoms with Crippen LogP contribution in [0.15, 0.2) is 42.2 Å². The molecule has 92 valence electrons. The van der Waals surface area contributed by atoms with E-state index < -0.39 is 5.97 Å². The Morgan fingerprint density at radius 3 is 2.33 bits per heavy atom. The summed E-state index contributed by atoms with van der Waals surface area (Å²) in [7, 11) is 0. The topological polar surface area (TPSA) is 50.1 Å². The number of hydrogen-bond acceptors (Lipinski definition) is 3. The van der Waals surface area contributed by atoms with Gasteiger partial charge in [-0.25, -0.2) is 4.79 Å². The minimum Gasteiger partial charge on any atom is -0.427 e. The van der Waals surface area contributed by atoms with Gasteiger partial charge in [-0.3, -0.25) is 0 Å². The van der Waals surface area contributed by atoms with Crippen LogP contribution in [-0.2, 0) is 9.53 Å². The zero-order chi connectivity index (χ0) is 13.7.